The van der Waals surface area contributed by atoms with Crippen molar-refractivity contribution < 1.29 is 0 Å². The lowest BCUT2D eigenvalue weighted by Crippen LogP contribution is -1.99. The van der Waals surface area contributed by atoms with Crippen LogP contribution in [0.4, 0.5) is 5.69 Å². The monoisotopic (exact) mass is 139 g/mol. The van der Waals surface area contributed by atoms with E-state index in [1.807, 2.05) is 37.4 Å². The van der Waals surface area contributed by atoms with Gasteiger partial charge >= 0.3 is 0 Å². The second kappa shape index (κ2) is 2.78. The summed E-state index contributed by atoms with van der Waals surface area (Å²) in [7, 11) is 1.90. The number of nitrogens with zero attached hydrogens (tertiary/aromatic N) is 1. The molecule has 0 saturated carbocycles. The average molecular weight is 139 g/mol. The van der Waals surface area contributed by atoms with E-state index in [9.17, 15) is 0 Å². The van der Waals surface area contributed by atoms with Gasteiger partial charge in [-0.3, -0.25) is 0 Å². The van der Waals surface area contributed by atoms with E-state index in [2.05, 4.69) is 12.8 Å². The molecule has 1 rings (SSSR count). The number of hydrogen-bond acceptors (Lipinski definition) is 2. The third-order valence-corrected chi connectivity index (χ3v) is 1.36. The molecule has 0 aliphatic carbocycles. The highest BCUT2D eigenvalue weighted by Crippen LogP contribution is 2.11. The van der Waals surface area contributed by atoms with Crippen molar-refractivity contribution in [3.8, 4) is 0 Å². The molecule has 1 nitrogen and oxygen atoms in total. The number of benzene rings is 1. The highest BCUT2D eigenvalue weighted by atomic mass is 32.1. The van der Waals surface area contributed by atoms with Crippen molar-refractivity contribution in [1.29, 1.82) is 0 Å². The van der Waals surface area contributed by atoms with Gasteiger partial charge in [0.2, 0.25) is 0 Å². The highest BCUT2D eigenvalue weighted by molar-refractivity contribution is 7.81. The van der Waals surface area contributed by atoms with Crippen LogP contribution in [0.2, 0.25) is 0 Å². The van der Waals surface area contributed by atoms with Crippen molar-refractivity contribution >= 4 is 18.5 Å². The Balaban J connectivity index is 2.85. The topological polar surface area (TPSA) is 3.24 Å². The molecule has 48 valence electrons. The van der Waals surface area contributed by atoms with Crippen molar-refractivity contribution in [2.45, 2.75) is 0 Å². The summed E-state index contributed by atoms with van der Waals surface area (Å²) < 4.78 is 1.78. The molecule has 0 unspecified atom stereocenters. The zero-order chi connectivity index (χ0) is 6.69. The van der Waals surface area contributed by atoms with Gasteiger partial charge in [-0.15, -0.1) is 0 Å². The van der Waals surface area contributed by atoms with E-state index in [0.29, 0.717) is 0 Å². The van der Waals surface area contributed by atoms with Gasteiger partial charge in [0, 0.05) is 12.7 Å². The standard InChI is InChI=1S/C7H9NS/c1-8(9)7-5-3-2-4-6-7/h2-6,9H,1H3. The molecule has 0 heterocycles. The van der Waals surface area contributed by atoms with Crippen molar-refractivity contribution in [2.24, 2.45) is 0 Å². The third kappa shape index (κ3) is 1.64. The van der Waals surface area contributed by atoms with Gasteiger partial charge in [0.25, 0.3) is 0 Å². The maximum Gasteiger partial charge on any atom is 0.0464 e. The van der Waals surface area contributed by atoms with Crippen LogP contribution in [0.25, 0.3) is 0 Å². The van der Waals surface area contributed by atoms with E-state index < -0.39 is 0 Å². The first-order chi connectivity index (χ1) is 4.30. The van der Waals surface area contributed by atoms with Crippen molar-refractivity contribution in [3.05, 3.63) is 30.3 Å². The summed E-state index contributed by atoms with van der Waals surface area (Å²) in [5.74, 6) is 0. The van der Waals surface area contributed by atoms with Gasteiger partial charge in [-0.1, -0.05) is 31.0 Å². The van der Waals surface area contributed by atoms with Gasteiger partial charge in [-0.05, 0) is 12.1 Å². The van der Waals surface area contributed by atoms with E-state index in [-0.39, 0.29) is 0 Å². The first-order valence-electron chi connectivity index (χ1n) is 2.78. The molecule has 0 saturated heterocycles. The summed E-state index contributed by atoms with van der Waals surface area (Å²) in [6.07, 6.45) is 0. The Morgan fingerprint density at radius 1 is 1.22 bits per heavy atom. The Bertz CT molecular complexity index is 172. The molecule has 0 aliphatic rings. The Morgan fingerprint density at radius 2 is 1.78 bits per heavy atom. The number of rotatable bonds is 1. The van der Waals surface area contributed by atoms with Gasteiger partial charge in [0.05, 0.1) is 0 Å². The summed E-state index contributed by atoms with van der Waals surface area (Å²) in [4.78, 5) is 0. The van der Waals surface area contributed by atoms with Crippen LogP contribution in [0, 0.1) is 0 Å². The van der Waals surface area contributed by atoms with Gasteiger partial charge in [-0.25, -0.2) is 0 Å². The lowest BCUT2D eigenvalue weighted by molar-refractivity contribution is 1.37. The number of thiol groups is 1. The van der Waals surface area contributed by atoms with Crippen LogP contribution in [0.1, 0.15) is 0 Å². The lowest BCUT2D eigenvalue weighted by atomic mass is 10.3. The first-order valence-corrected chi connectivity index (χ1v) is 3.18. The predicted molar refractivity (Wildman–Crippen MR) is 43.8 cm³/mol. The molecule has 0 fully saturated rings. The van der Waals surface area contributed by atoms with E-state index in [1.54, 1.807) is 4.31 Å². The summed E-state index contributed by atoms with van der Waals surface area (Å²) in [5, 5.41) is 0. The Kier molecular flexibility index (Phi) is 2.01. The summed E-state index contributed by atoms with van der Waals surface area (Å²) in [6, 6.07) is 9.98. The largest absolute Gasteiger partial charge is 0.322 e. The SMILES string of the molecule is CN(S)c1ccccc1. The van der Waals surface area contributed by atoms with E-state index in [4.69, 9.17) is 0 Å². The van der Waals surface area contributed by atoms with Crippen LogP contribution < -0.4 is 4.31 Å². The number of hydrogen-bond donors (Lipinski definition) is 1. The minimum absolute atomic E-state index is 1.11. The quantitative estimate of drug-likeness (QED) is 0.582. The molecular weight excluding hydrogens is 130 g/mol. The molecule has 1 aromatic carbocycles. The normalized spacial score (nSPS) is 9.11. The number of anilines is 1. The second-order valence-corrected chi connectivity index (χ2v) is 2.46. The van der Waals surface area contributed by atoms with Crippen molar-refractivity contribution in [2.75, 3.05) is 11.4 Å². The molecule has 0 spiro atoms. The fourth-order valence-electron chi connectivity index (χ4n) is 0.644. The molecule has 0 atom stereocenters. The van der Waals surface area contributed by atoms with Crippen LogP contribution in [-0.2, 0) is 0 Å². The van der Waals surface area contributed by atoms with Gasteiger partial charge < -0.3 is 4.31 Å². The summed E-state index contributed by atoms with van der Waals surface area (Å²) in [5.41, 5.74) is 1.11. The second-order valence-electron chi connectivity index (χ2n) is 1.86. The maximum absolute atomic E-state index is 4.12. The average Bonchev–Trinajstić information content (AvgIpc) is 1.90. The van der Waals surface area contributed by atoms with Gasteiger partial charge in [0.1, 0.15) is 0 Å². The molecule has 0 radical (unpaired) electrons. The predicted octanol–water partition coefficient (Wildman–Crippen LogP) is 1.97. The zero-order valence-electron chi connectivity index (χ0n) is 5.28. The fourth-order valence-corrected chi connectivity index (χ4v) is 0.777. The zero-order valence-corrected chi connectivity index (χ0v) is 6.18. The Labute approximate surface area is 60.8 Å². The smallest absolute Gasteiger partial charge is 0.0464 e. The van der Waals surface area contributed by atoms with Crippen LogP contribution in [0.15, 0.2) is 30.3 Å². The minimum Gasteiger partial charge on any atom is -0.322 e. The fraction of sp³-hybridized carbons (Fsp3) is 0.143. The molecule has 0 aliphatic heterocycles. The molecule has 0 aromatic heterocycles. The lowest BCUT2D eigenvalue weighted by Gasteiger charge is -2.08. The molecule has 0 bridgehead atoms. The minimum atomic E-state index is 1.11. The van der Waals surface area contributed by atoms with Crippen LogP contribution in [-0.4, -0.2) is 7.05 Å². The maximum atomic E-state index is 4.12. The highest BCUT2D eigenvalue weighted by Gasteiger charge is 1.88. The summed E-state index contributed by atoms with van der Waals surface area (Å²) >= 11 is 4.12. The molecule has 1 aromatic rings. The molecular formula is C7H9NS. The molecule has 9 heavy (non-hydrogen) atoms. The molecule has 0 amide bonds. The van der Waals surface area contributed by atoms with E-state index in [0.717, 1.165) is 5.69 Å². The molecule has 0 N–H and O–H groups in total. The van der Waals surface area contributed by atoms with Gasteiger partial charge in [0.15, 0.2) is 0 Å². The third-order valence-electron chi connectivity index (χ3n) is 1.13. The van der Waals surface area contributed by atoms with Gasteiger partial charge in [-0.2, -0.15) is 0 Å². The van der Waals surface area contributed by atoms with Crippen LogP contribution >= 0.6 is 12.8 Å². The van der Waals surface area contributed by atoms with E-state index in [1.165, 1.54) is 0 Å². The van der Waals surface area contributed by atoms with Crippen LogP contribution in [0.5, 0.6) is 0 Å². The number of para-hydroxylation sites is 1. The first kappa shape index (κ1) is 6.49. The van der Waals surface area contributed by atoms with Crippen LogP contribution in [0.3, 0.4) is 0 Å². The van der Waals surface area contributed by atoms with Crippen molar-refractivity contribution in [3.63, 3.8) is 0 Å². The Morgan fingerprint density at radius 3 is 2.11 bits per heavy atom. The van der Waals surface area contributed by atoms with Crippen molar-refractivity contribution in [1.82, 2.24) is 0 Å². The molecule has 2 heteroatoms. The van der Waals surface area contributed by atoms with E-state index >= 15 is 0 Å². The Hall–Kier alpha value is -0.630. The summed E-state index contributed by atoms with van der Waals surface area (Å²) in [6.45, 7) is 0.